The Morgan fingerprint density at radius 2 is 2.50 bits per heavy atom. The van der Waals surface area contributed by atoms with E-state index in [1.165, 1.54) is 0 Å². The highest BCUT2D eigenvalue weighted by molar-refractivity contribution is 6.31. The molecule has 1 heterocycles. The zero-order chi connectivity index (χ0) is 5.98. The number of H-pyrrole nitrogens is 1. The third-order valence-electron chi connectivity index (χ3n) is 0.853. The van der Waals surface area contributed by atoms with E-state index in [2.05, 4.69) is 4.98 Å². The average molecular weight is 130 g/mol. The fraction of sp³-hybridized carbons (Fsp3) is 0. The number of aromatic amines is 1. The third-order valence-corrected chi connectivity index (χ3v) is 1.18. The van der Waals surface area contributed by atoms with Crippen molar-refractivity contribution in [2.45, 2.75) is 0 Å². The highest BCUT2D eigenvalue weighted by Gasteiger charge is 1.94. The molecule has 1 aromatic rings. The number of hydrogen-bond donors (Lipinski definition) is 1. The number of carbonyl (C=O) groups is 1. The number of nitrogens with one attached hydrogen (secondary N) is 1. The lowest BCUT2D eigenvalue weighted by molar-refractivity contribution is 0.112. The van der Waals surface area contributed by atoms with Gasteiger partial charge in [-0.3, -0.25) is 4.79 Å². The summed E-state index contributed by atoms with van der Waals surface area (Å²) in [5, 5.41) is 0.403. The fourth-order valence-corrected chi connectivity index (χ4v) is 0.623. The summed E-state index contributed by atoms with van der Waals surface area (Å²) in [4.78, 5) is 12.6. The molecule has 0 bridgehead atoms. The van der Waals surface area contributed by atoms with Crippen LogP contribution in [-0.4, -0.2) is 11.3 Å². The lowest BCUT2D eigenvalue weighted by atomic mass is 10.4. The summed E-state index contributed by atoms with van der Waals surface area (Å²) in [6, 6.07) is 1.62. The minimum absolute atomic E-state index is 0.403. The van der Waals surface area contributed by atoms with E-state index in [4.69, 9.17) is 11.6 Å². The topological polar surface area (TPSA) is 32.9 Å². The maximum atomic E-state index is 9.98. The second kappa shape index (κ2) is 2.01. The number of halogens is 1. The minimum Gasteiger partial charge on any atom is -0.352 e. The Kier molecular flexibility index (Phi) is 1.35. The molecule has 0 fully saturated rings. The zero-order valence-corrected chi connectivity index (χ0v) is 4.77. The molecule has 0 unspecified atom stereocenters. The fourth-order valence-electron chi connectivity index (χ4n) is 0.452. The number of rotatable bonds is 1. The van der Waals surface area contributed by atoms with Gasteiger partial charge in [-0.1, -0.05) is 11.6 Å². The van der Waals surface area contributed by atoms with Gasteiger partial charge in [0.2, 0.25) is 0 Å². The molecule has 0 aliphatic rings. The van der Waals surface area contributed by atoms with Crippen LogP contribution < -0.4 is 0 Å². The molecule has 0 saturated carbocycles. The second-order valence-corrected chi connectivity index (χ2v) is 1.74. The summed E-state index contributed by atoms with van der Waals surface area (Å²) in [5.41, 5.74) is 0.506. The third kappa shape index (κ3) is 0.746. The molecule has 0 spiro atoms. The van der Waals surface area contributed by atoms with Gasteiger partial charge in [-0.25, -0.2) is 0 Å². The van der Waals surface area contributed by atoms with Gasteiger partial charge in [0.05, 0.1) is 5.56 Å². The van der Waals surface area contributed by atoms with Crippen LogP contribution in [0.3, 0.4) is 0 Å². The van der Waals surface area contributed by atoms with Gasteiger partial charge < -0.3 is 4.98 Å². The Balaban J connectivity index is 3.09. The van der Waals surface area contributed by atoms with E-state index in [1.54, 1.807) is 12.3 Å². The Morgan fingerprint density at radius 3 is 2.75 bits per heavy atom. The molecule has 1 rings (SSSR count). The molecular weight excluding hydrogens is 126 g/mol. The maximum absolute atomic E-state index is 9.98. The summed E-state index contributed by atoms with van der Waals surface area (Å²) < 4.78 is 0. The molecule has 0 radical (unpaired) electrons. The lowest BCUT2D eigenvalue weighted by Crippen LogP contribution is -1.71. The highest BCUT2D eigenvalue weighted by atomic mass is 35.5. The van der Waals surface area contributed by atoms with Gasteiger partial charge in [-0.2, -0.15) is 0 Å². The standard InChI is InChI=1S/C5H4ClNO/c6-5-4(3-8)1-2-7-5/h1-3,7H. The number of aromatic nitrogens is 1. The van der Waals surface area contributed by atoms with Crippen LogP contribution in [0.15, 0.2) is 12.3 Å². The molecule has 42 valence electrons. The summed E-state index contributed by atoms with van der Waals surface area (Å²) in [6.07, 6.45) is 2.32. The summed E-state index contributed by atoms with van der Waals surface area (Å²) >= 11 is 5.45. The van der Waals surface area contributed by atoms with E-state index >= 15 is 0 Å². The maximum Gasteiger partial charge on any atom is 0.153 e. The molecule has 1 aromatic heterocycles. The number of hydrogen-bond acceptors (Lipinski definition) is 1. The van der Waals surface area contributed by atoms with Gasteiger partial charge >= 0.3 is 0 Å². The van der Waals surface area contributed by atoms with Crippen LogP contribution in [0.1, 0.15) is 10.4 Å². The highest BCUT2D eigenvalue weighted by Crippen LogP contribution is 2.08. The molecule has 2 nitrogen and oxygen atoms in total. The van der Waals surface area contributed by atoms with Crippen LogP contribution in [0.4, 0.5) is 0 Å². The second-order valence-electron chi connectivity index (χ2n) is 1.36. The van der Waals surface area contributed by atoms with E-state index in [-0.39, 0.29) is 0 Å². The van der Waals surface area contributed by atoms with Crippen molar-refractivity contribution in [3.8, 4) is 0 Å². The average Bonchev–Trinajstić information content (AvgIpc) is 2.14. The minimum atomic E-state index is 0.403. The van der Waals surface area contributed by atoms with Gasteiger partial charge in [0.15, 0.2) is 6.29 Å². The smallest absolute Gasteiger partial charge is 0.153 e. The first-order valence-corrected chi connectivity index (χ1v) is 2.50. The van der Waals surface area contributed by atoms with Crippen molar-refractivity contribution in [2.75, 3.05) is 0 Å². The van der Waals surface area contributed by atoms with E-state index < -0.39 is 0 Å². The largest absolute Gasteiger partial charge is 0.352 e. The Hall–Kier alpha value is -0.760. The zero-order valence-electron chi connectivity index (χ0n) is 4.02. The predicted molar refractivity (Wildman–Crippen MR) is 31.2 cm³/mol. The Bertz CT molecular complexity index is 194. The van der Waals surface area contributed by atoms with Crippen molar-refractivity contribution in [3.05, 3.63) is 23.0 Å². The van der Waals surface area contributed by atoms with Gasteiger partial charge in [0.25, 0.3) is 0 Å². The quantitative estimate of drug-likeness (QED) is 0.573. The van der Waals surface area contributed by atoms with Crippen molar-refractivity contribution in [1.29, 1.82) is 0 Å². The molecule has 0 saturated heterocycles. The van der Waals surface area contributed by atoms with Crippen molar-refractivity contribution < 1.29 is 4.79 Å². The van der Waals surface area contributed by atoms with Crippen LogP contribution in [-0.2, 0) is 0 Å². The van der Waals surface area contributed by atoms with Crippen molar-refractivity contribution >= 4 is 17.9 Å². The molecule has 0 aromatic carbocycles. The molecule has 0 atom stereocenters. The van der Waals surface area contributed by atoms with E-state index in [9.17, 15) is 4.79 Å². The predicted octanol–water partition coefficient (Wildman–Crippen LogP) is 1.48. The molecule has 0 amide bonds. The van der Waals surface area contributed by atoms with Crippen molar-refractivity contribution in [3.63, 3.8) is 0 Å². The van der Waals surface area contributed by atoms with Crippen LogP contribution in [0, 0.1) is 0 Å². The van der Waals surface area contributed by atoms with E-state index in [1.807, 2.05) is 0 Å². The number of aldehydes is 1. The summed E-state index contributed by atoms with van der Waals surface area (Å²) in [6.45, 7) is 0. The molecule has 8 heavy (non-hydrogen) atoms. The monoisotopic (exact) mass is 129 g/mol. The van der Waals surface area contributed by atoms with Crippen LogP contribution in [0.25, 0.3) is 0 Å². The molecule has 0 aliphatic heterocycles. The van der Waals surface area contributed by atoms with Crippen LogP contribution >= 0.6 is 11.6 Å². The van der Waals surface area contributed by atoms with Crippen molar-refractivity contribution in [1.82, 2.24) is 4.98 Å². The molecule has 1 N–H and O–H groups in total. The Labute approximate surface area is 51.5 Å². The van der Waals surface area contributed by atoms with E-state index in [0.29, 0.717) is 17.0 Å². The van der Waals surface area contributed by atoms with Gasteiger partial charge in [0.1, 0.15) is 5.15 Å². The summed E-state index contributed by atoms with van der Waals surface area (Å²) in [5.74, 6) is 0. The van der Waals surface area contributed by atoms with Crippen LogP contribution in [0.2, 0.25) is 5.15 Å². The van der Waals surface area contributed by atoms with Crippen LogP contribution in [0.5, 0.6) is 0 Å². The molecule has 0 aliphatic carbocycles. The summed E-state index contributed by atoms with van der Waals surface area (Å²) in [7, 11) is 0. The van der Waals surface area contributed by atoms with Crippen molar-refractivity contribution in [2.24, 2.45) is 0 Å². The van der Waals surface area contributed by atoms with Gasteiger partial charge in [-0.15, -0.1) is 0 Å². The van der Waals surface area contributed by atoms with E-state index in [0.717, 1.165) is 0 Å². The Morgan fingerprint density at radius 1 is 1.75 bits per heavy atom. The number of carbonyl (C=O) groups excluding carboxylic acids is 1. The lowest BCUT2D eigenvalue weighted by Gasteiger charge is -1.77. The normalized spacial score (nSPS) is 9.12. The first kappa shape index (κ1) is 5.38. The first-order valence-electron chi connectivity index (χ1n) is 2.12. The van der Waals surface area contributed by atoms with Gasteiger partial charge in [-0.05, 0) is 6.07 Å². The van der Waals surface area contributed by atoms with Gasteiger partial charge in [0, 0.05) is 6.20 Å². The SMILES string of the molecule is O=Cc1cc[nH]c1Cl. The molecule has 3 heteroatoms. The first-order chi connectivity index (χ1) is 3.84. The molecular formula is C5H4ClNO.